The van der Waals surface area contributed by atoms with Gasteiger partial charge in [-0.2, -0.15) is 0 Å². The monoisotopic (exact) mass is 342 g/mol. The average molecular weight is 342 g/mol. The lowest BCUT2D eigenvalue weighted by atomic mass is 10.2. The Morgan fingerprint density at radius 2 is 1.87 bits per heavy atom. The maximum atomic E-state index is 12.0. The fourth-order valence-electron chi connectivity index (χ4n) is 1.99. The van der Waals surface area contributed by atoms with E-state index in [0.717, 1.165) is 19.5 Å². The van der Waals surface area contributed by atoms with Gasteiger partial charge in [0, 0.05) is 25.8 Å². The molecule has 0 atom stereocenters. The molecule has 1 rings (SSSR count). The Labute approximate surface area is 138 Å². The van der Waals surface area contributed by atoms with E-state index >= 15 is 0 Å². The summed E-state index contributed by atoms with van der Waals surface area (Å²) in [4.78, 5) is 14.4. The van der Waals surface area contributed by atoms with E-state index in [0.29, 0.717) is 18.7 Å². The van der Waals surface area contributed by atoms with Gasteiger partial charge in [0.25, 0.3) is 5.91 Å². The van der Waals surface area contributed by atoms with Gasteiger partial charge in [0.15, 0.2) is 9.84 Å². The molecule has 7 heteroatoms. The Morgan fingerprint density at radius 3 is 2.43 bits per heavy atom. The lowest BCUT2D eigenvalue weighted by Gasteiger charge is -2.15. The van der Waals surface area contributed by atoms with Gasteiger partial charge in [-0.05, 0) is 44.3 Å². The minimum absolute atomic E-state index is 0.0507. The summed E-state index contributed by atoms with van der Waals surface area (Å²) in [5.74, 6) is -0.139. The summed E-state index contributed by atoms with van der Waals surface area (Å²) in [7, 11) is 0.453. The predicted octanol–water partition coefficient (Wildman–Crippen LogP) is 1.18. The molecule has 0 aromatic heterocycles. The number of sulfone groups is 1. The van der Waals surface area contributed by atoms with E-state index in [-0.39, 0.29) is 16.6 Å². The van der Waals surface area contributed by atoms with E-state index in [1.807, 2.05) is 7.05 Å². The topological polar surface area (TPSA) is 75.7 Å². The molecule has 23 heavy (non-hydrogen) atoms. The van der Waals surface area contributed by atoms with Gasteiger partial charge in [-0.15, -0.1) is 0 Å². The first kappa shape index (κ1) is 19.6. The van der Waals surface area contributed by atoms with E-state index in [1.165, 1.54) is 12.1 Å². The van der Waals surface area contributed by atoms with Gasteiger partial charge in [0.2, 0.25) is 0 Å². The van der Waals surface area contributed by atoms with E-state index in [1.54, 1.807) is 26.2 Å². The zero-order valence-electron chi connectivity index (χ0n) is 14.0. The van der Waals surface area contributed by atoms with Crippen LogP contribution in [0.1, 0.15) is 23.7 Å². The molecule has 0 aliphatic heterocycles. The molecule has 0 bridgehead atoms. The fraction of sp³-hybridized carbons (Fsp3) is 0.562. The van der Waals surface area contributed by atoms with Crippen molar-refractivity contribution in [3.05, 3.63) is 29.8 Å². The van der Waals surface area contributed by atoms with Gasteiger partial charge < -0.3 is 15.0 Å². The van der Waals surface area contributed by atoms with Crippen LogP contribution in [0.25, 0.3) is 0 Å². The quantitative estimate of drug-likeness (QED) is 0.646. The number of likely N-dealkylation sites (N-methyl/N-ethyl adjacent to an activating group) is 1. The summed E-state index contributed by atoms with van der Waals surface area (Å²) < 4.78 is 28.4. The maximum absolute atomic E-state index is 12.0. The van der Waals surface area contributed by atoms with Gasteiger partial charge >= 0.3 is 0 Å². The molecule has 6 nitrogen and oxygen atoms in total. The van der Waals surface area contributed by atoms with E-state index < -0.39 is 9.84 Å². The van der Waals surface area contributed by atoms with Gasteiger partial charge in [-0.1, -0.05) is 6.92 Å². The first-order valence-electron chi connectivity index (χ1n) is 7.69. The average Bonchev–Trinajstić information content (AvgIpc) is 2.56. The number of carbonyl (C=O) groups excluding carboxylic acids is 1. The SMILES string of the molecule is CCS(=O)(=O)c1ccc(C(=O)NCCCN(C)CCOC)cc1. The Morgan fingerprint density at radius 1 is 1.22 bits per heavy atom. The first-order chi connectivity index (χ1) is 10.9. The van der Waals surface area contributed by atoms with Crippen molar-refractivity contribution >= 4 is 15.7 Å². The molecule has 0 aliphatic rings. The number of benzene rings is 1. The second kappa shape index (κ2) is 9.64. The molecule has 0 heterocycles. The van der Waals surface area contributed by atoms with Gasteiger partial charge in [-0.3, -0.25) is 4.79 Å². The molecular formula is C16H26N2O4S. The molecule has 1 aromatic carbocycles. The van der Waals surface area contributed by atoms with Crippen molar-refractivity contribution < 1.29 is 17.9 Å². The highest BCUT2D eigenvalue weighted by atomic mass is 32.2. The van der Waals surface area contributed by atoms with Crippen LogP contribution in [0.15, 0.2) is 29.2 Å². The Bertz CT molecular complexity index is 585. The fourth-order valence-corrected chi connectivity index (χ4v) is 2.88. The van der Waals surface area contributed by atoms with Gasteiger partial charge in [0.1, 0.15) is 0 Å². The second-order valence-electron chi connectivity index (χ2n) is 5.33. The van der Waals surface area contributed by atoms with Crippen LogP contribution in [0.2, 0.25) is 0 Å². The largest absolute Gasteiger partial charge is 0.383 e. The van der Waals surface area contributed by atoms with E-state index in [2.05, 4.69) is 10.2 Å². The lowest BCUT2D eigenvalue weighted by molar-refractivity contribution is 0.0951. The molecule has 0 radical (unpaired) electrons. The normalized spacial score (nSPS) is 11.7. The highest BCUT2D eigenvalue weighted by Crippen LogP contribution is 2.12. The molecule has 0 unspecified atom stereocenters. The van der Waals surface area contributed by atoms with Gasteiger partial charge in [0.05, 0.1) is 17.3 Å². The number of hydrogen-bond acceptors (Lipinski definition) is 5. The van der Waals surface area contributed by atoms with Crippen molar-refractivity contribution in [3.8, 4) is 0 Å². The highest BCUT2D eigenvalue weighted by Gasteiger charge is 2.12. The van der Waals surface area contributed by atoms with E-state index in [4.69, 9.17) is 4.74 Å². The van der Waals surface area contributed by atoms with Crippen LogP contribution in [0.4, 0.5) is 0 Å². The van der Waals surface area contributed by atoms with Crippen LogP contribution in [0, 0.1) is 0 Å². The van der Waals surface area contributed by atoms with Crippen molar-refractivity contribution in [1.29, 1.82) is 0 Å². The molecule has 0 fully saturated rings. The van der Waals surface area contributed by atoms with Crippen LogP contribution in [-0.2, 0) is 14.6 Å². The molecule has 1 aromatic rings. The van der Waals surface area contributed by atoms with E-state index in [9.17, 15) is 13.2 Å². The van der Waals surface area contributed by atoms with Crippen LogP contribution in [0.5, 0.6) is 0 Å². The molecule has 0 spiro atoms. The number of amides is 1. The summed E-state index contributed by atoms with van der Waals surface area (Å²) in [6, 6.07) is 6.05. The molecule has 0 aliphatic carbocycles. The number of nitrogens with one attached hydrogen (secondary N) is 1. The van der Waals surface area contributed by atoms with Crippen molar-refractivity contribution in [2.24, 2.45) is 0 Å². The lowest BCUT2D eigenvalue weighted by Crippen LogP contribution is -2.29. The molecular weight excluding hydrogens is 316 g/mol. The number of hydrogen-bond donors (Lipinski definition) is 1. The third-order valence-corrected chi connectivity index (χ3v) is 5.29. The third kappa shape index (κ3) is 6.68. The number of carbonyl (C=O) groups is 1. The highest BCUT2D eigenvalue weighted by molar-refractivity contribution is 7.91. The van der Waals surface area contributed by atoms with Crippen molar-refractivity contribution in [2.75, 3.05) is 46.2 Å². The second-order valence-corrected chi connectivity index (χ2v) is 7.61. The van der Waals surface area contributed by atoms with Crippen LogP contribution >= 0.6 is 0 Å². The van der Waals surface area contributed by atoms with Crippen molar-refractivity contribution in [3.63, 3.8) is 0 Å². The molecule has 130 valence electrons. The molecule has 0 saturated carbocycles. The summed E-state index contributed by atoms with van der Waals surface area (Å²) in [6.07, 6.45) is 0.842. The standard InChI is InChI=1S/C16H26N2O4S/c1-4-23(20,21)15-8-6-14(7-9-15)16(19)17-10-5-11-18(2)12-13-22-3/h6-9H,4-5,10-13H2,1-3H3,(H,17,19). The van der Waals surface area contributed by atoms with Crippen molar-refractivity contribution in [1.82, 2.24) is 10.2 Å². The Kier molecular flexibility index (Phi) is 8.22. The first-order valence-corrected chi connectivity index (χ1v) is 9.34. The summed E-state index contributed by atoms with van der Waals surface area (Å²) >= 11 is 0. The van der Waals surface area contributed by atoms with Crippen LogP contribution in [0.3, 0.4) is 0 Å². The summed E-state index contributed by atoms with van der Waals surface area (Å²) in [5.41, 5.74) is 0.466. The zero-order valence-corrected chi connectivity index (χ0v) is 14.9. The minimum atomic E-state index is -3.23. The van der Waals surface area contributed by atoms with Crippen LogP contribution < -0.4 is 5.32 Å². The Balaban J connectivity index is 2.41. The molecule has 1 N–H and O–H groups in total. The van der Waals surface area contributed by atoms with Crippen LogP contribution in [-0.4, -0.2) is 65.4 Å². The number of ether oxygens (including phenoxy) is 1. The third-order valence-electron chi connectivity index (χ3n) is 3.53. The smallest absolute Gasteiger partial charge is 0.251 e. The van der Waals surface area contributed by atoms with Gasteiger partial charge in [-0.25, -0.2) is 8.42 Å². The molecule has 0 saturated heterocycles. The molecule has 1 amide bonds. The predicted molar refractivity (Wildman–Crippen MR) is 90.5 cm³/mol. The summed E-state index contributed by atoms with van der Waals surface area (Å²) in [5, 5.41) is 2.84. The zero-order chi connectivity index (χ0) is 17.3. The van der Waals surface area contributed by atoms with Crippen molar-refractivity contribution in [2.45, 2.75) is 18.2 Å². The number of nitrogens with zero attached hydrogens (tertiary/aromatic N) is 1. The number of rotatable bonds is 10. The number of methoxy groups -OCH3 is 1. The minimum Gasteiger partial charge on any atom is -0.383 e. The Hall–Kier alpha value is -1.44. The summed E-state index contributed by atoms with van der Waals surface area (Å²) in [6.45, 7) is 4.59. The maximum Gasteiger partial charge on any atom is 0.251 e.